The Labute approximate surface area is 130 Å². The zero-order valence-electron chi connectivity index (χ0n) is 11.3. The molecule has 0 unspecified atom stereocenters. The van der Waals surface area contributed by atoms with Gasteiger partial charge in [-0.2, -0.15) is 0 Å². The highest BCUT2D eigenvalue weighted by molar-refractivity contribution is 7.18. The van der Waals surface area contributed by atoms with E-state index < -0.39 is 0 Å². The van der Waals surface area contributed by atoms with Crippen LogP contribution in [0.3, 0.4) is 0 Å². The van der Waals surface area contributed by atoms with E-state index >= 15 is 0 Å². The van der Waals surface area contributed by atoms with Crippen LogP contribution in [0.2, 0.25) is 4.34 Å². The van der Waals surface area contributed by atoms with Gasteiger partial charge < -0.3 is 10.1 Å². The van der Waals surface area contributed by atoms with Gasteiger partial charge in [0.25, 0.3) is 0 Å². The summed E-state index contributed by atoms with van der Waals surface area (Å²) in [5.41, 5.74) is 0.562. The molecular weight excluding hydrogens is 312 g/mol. The number of methoxy groups -OCH3 is 1. The Morgan fingerprint density at radius 2 is 2.10 bits per heavy atom. The van der Waals surface area contributed by atoms with E-state index in [1.54, 1.807) is 24.3 Å². The summed E-state index contributed by atoms with van der Waals surface area (Å²) >= 11 is 6.98. The molecule has 2 aromatic rings. The zero-order valence-corrected chi connectivity index (χ0v) is 12.8. The van der Waals surface area contributed by atoms with Gasteiger partial charge in [0.2, 0.25) is 11.8 Å². The Balaban J connectivity index is 1.82. The molecule has 0 aromatic carbocycles. The van der Waals surface area contributed by atoms with E-state index in [0.717, 1.165) is 0 Å². The molecule has 0 spiro atoms. The van der Waals surface area contributed by atoms with E-state index in [1.807, 2.05) is 0 Å². The molecule has 0 aliphatic heterocycles. The average Bonchev–Trinajstić information content (AvgIpc) is 2.92. The fourth-order valence-electron chi connectivity index (χ4n) is 1.61. The SMILES string of the molecule is COc1ccc(NC(=O)CCC(=O)c2ccc(Cl)s2)cn1. The molecule has 0 saturated carbocycles. The number of Topliss-reactive ketones (excluding diaryl/α,β-unsaturated/α-hetero) is 1. The van der Waals surface area contributed by atoms with E-state index in [-0.39, 0.29) is 24.5 Å². The molecule has 0 saturated heterocycles. The number of thiophene rings is 1. The Hall–Kier alpha value is -1.92. The number of anilines is 1. The Morgan fingerprint density at radius 1 is 1.29 bits per heavy atom. The minimum absolute atomic E-state index is 0.0881. The van der Waals surface area contributed by atoms with Crippen LogP contribution >= 0.6 is 22.9 Å². The molecule has 1 amide bonds. The lowest BCUT2D eigenvalue weighted by Crippen LogP contribution is -2.13. The highest BCUT2D eigenvalue weighted by Gasteiger charge is 2.11. The smallest absolute Gasteiger partial charge is 0.224 e. The molecule has 0 bridgehead atoms. The highest BCUT2D eigenvalue weighted by Crippen LogP contribution is 2.23. The minimum atomic E-state index is -0.238. The summed E-state index contributed by atoms with van der Waals surface area (Å²) in [6, 6.07) is 6.67. The lowest BCUT2D eigenvalue weighted by molar-refractivity contribution is -0.116. The van der Waals surface area contributed by atoms with Crippen molar-refractivity contribution in [2.75, 3.05) is 12.4 Å². The van der Waals surface area contributed by atoms with E-state index in [9.17, 15) is 9.59 Å². The van der Waals surface area contributed by atoms with Crippen LogP contribution in [0.5, 0.6) is 5.88 Å². The lowest BCUT2D eigenvalue weighted by Gasteiger charge is -2.05. The van der Waals surface area contributed by atoms with Crippen molar-refractivity contribution in [1.82, 2.24) is 4.98 Å². The molecule has 1 N–H and O–H groups in total. The van der Waals surface area contributed by atoms with Crippen molar-refractivity contribution >= 4 is 40.3 Å². The van der Waals surface area contributed by atoms with Gasteiger partial charge in [0.15, 0.2) is 5.78 Å². The molecular formula is C14H13ClN2O3S. The van der Waals surface area contributed by atoms with Crippen molar-refractivity contribution < 1.29 is 14.3 Å². The van der Waals surface area contributed by atoms with Crippen LogP contribution in [0.4, 0.5) is 5.69 Å². The quantitative estimate of drug-likeness (QED) is 0.827. The van der Waals surface area contributed by atoms with E-state index in [2.05, 4.69) is 10.3 Å². The lowest BCUT2D eigenvalue weighted by atomic mass is 10.2. The summed E-state index contributed by atoms with van der Waals surface area (Å²) in [4.78, 5) is 28.2. The summed E-state index contributed by atoms with van der Waals surface area (Å²) < 4.78 is 5.49. The van der Waals surface area contributed by atoms with Gasteiger partial charge in [0, 0.05) is 18.9 Å². The number of carbonyl (C=O) groups is 2. The largest absolute Gasteiger partial charge is 0.481 e. The number of ketones is 1. The third-order valence-electron chi connectivity index (χ3n) is 2.66. The van der Waals surface area contributed by atoms with Crippen LogP contribution < -0.4 is 10.1 Å². The molecule has 2 rings (SSSR count). The molecule has 7 heteroatoms. The maximum Gasteiger partial charge on any atom is 0.224 e. The first-order valence-electron chi connectivity index (χ1n) is 6.17. The second-order valence-electron chi connectivity index (χ2n) is 4.16. The van der Waals surface area contributed by atoms with Crippen LogP contribution in [-0.4, -0.2) is 23.8 Å². The van der Waals surface area contributed by atoms with Gasteiger partial charge in [-0.3, -0.25) is 9.59 Å². The predicted molar refractivity (Wildman–Crippen MR) is 82.3 cm³/mol. The number of aromatic nitrogens is 1. The van der Waals surface area contributed by atoms with Crippen LogP contribution in [0, 0.1) is 0 Å². The first kappa shape index (κ1) is 15.5. The molecule has 0 radical (unpaired) electrons. The number of rotatable bonds is 6. The maximum absolute atomic E-state index is 11.8. The number of halogens is 1. The number of carbonyl (C=O) groups excluding carboxylic acids is 2. The summed E-state index contributed by atoms with van der Waals surface area (Å²) in [5, 5.41) is 2.67. The number of nitrogens with zero attached hydrogens (tertiary/aromatic N) is 1. The first-order chi connectivity index (χ1) is 10.1. The molecule has 0 aliphatic carbocycles. The van der Waals surface area contributed by atoms with Gasteiger partial charge in [-0.15, -0.1) is 11.3 Å². The van der Waals surface area contributed by atoms with Gasteiger partial charge in [0.05, 0.1) is 28.2 Å². The number of amides is 1. The first-order valence-corrected chi connectivity index (χ1v) is 7.36. The second-order valence-corrected chi connectivity index (χ2v) is 5.88. The highest BCUT2D eigenvalue weighted by atomic mass is 35.5. The van der Waals surface area contributed by atoms with Crippen LogP contribution in [-0.2, 0) is 4.79 Å². The third-order valence-corrected chi connectivity index (χ3v) is 3.93. The third kappa shape index (κ3) is 4.54. The van der Waals surface area contributed by atoms with Gasteiger partial charge in [-0.05, 0) is 18.2 Å². The standard InChI is InChI=1S/C14H13ClN2O3S/c1-20-14-7-2-9(8-16-14)17-13(19)6-3-10(18)11-4-5-12(15)21-11/h2,4-5,7-8H,3,6H2,1H3,(H,17,19). The molecule has 2 heterocycles. The molecule has 2 aromatic heterocycles. The molecule has 0 aliphatic rings. The Bertz CT molecular complexity index is 640. The second kappa shape index (κ2) is 7.19. The number of pyridine rings is 1. The topological polar surface area (TPSA) is 68.3 Å². The van der Waals surface area contributed by atoms with Gasteiger partial charge in [-0.25, -0.2) is 4.98 Å². The number of hydrogen-bond acceptors (Lipinski definition) is 5. The van der Waals surface area contributed by atoms with Crippen molar-refractivity contribution in [2.45, 2.75) is 12.8 Å². The molecule has 21 heavy (non-hydrogen) atoms. The number of hydrogen-bond donors (Lipinski definition) is 1. The average molecular weight is 325 g/mol. The summed E-state index contributed by atoms with van der Waals surface area (Å²) in [6.07, 6.45) is 1.75. The monoisotopic (exact) mass is 324 g/mol. The van der Waals surface area contributed by atoms with Gasteiger partial charge >= 0.3 is 0 Å². The van der Waals surface area contributed by atoms with Crippen molar-refractivity contribution in [1.29, 1.82) is 0 Å². The van der Waals surface area contributed by atoms with E-state index in [1.165, 1.54) is 24.6 Å². The summed E-state index contributed by atoms with van der Waals surface area (Å²) in [5.74, 6) is 0.144. The van der Waals surface area contributed by atoms with Crippen molar-refractivity contribution in [3.05, 3.63) is 39.7 Å². The molecule has 5 nitrogen and oxygen atoms in total. The summed E-state index contributed by atoms with van der Waals surface area (Å²) in [7, 11) is 1.52. The zero-order chi connectivity index (χ0) is 15.2. The van der Waals surface area contributed by atoms with Crippen molar-refractivity contribution in [3.8, 4) is 5.88 Å². The summed E-state index contributed by atoms with van der Waals surface area (Å²) in [6.45, 7) is 0. The minimum Gasteiger partial charge on any atom is -0.481 e. The van der Waals surface area contributed by atoms with Gasteiger partial charge in [0.1, 0.15) is 0 Å². The van der Waals surface area contributed by atoms with Crippen LogP contribution in [0.15, 0.2) is 30.5 Å². The Kier molecular flexibility index (Phi) is 5.30. The van der Waals surface area contributed by atoms with Crippen molar-refractivity contribution in [2.24, 2.45) is 0 Å². The maximum atomic E-state index is 11.8. The number of nitrogens with one attached hydrogen (secondary N) is 1. The molecule has 110 valence electrons. The fourth-order valence-corrected chi connectivity index (χ4v) is 2.62. The molecule has 0 atom stereocenters. The molecule has 0 fully saturated rings. The Morgan fingerprint density at radius 3 is 2.67 bits per heavy atom. The predicted octanol–water partition coefficient (Wildman–Crippen LogP) is 3.41. The fraction of sp³-hybridized carbons (Fsp3) is 0.214. The van der Waals surface area contributed by atoms with E-state index in [0.29, 0.717) is 20.8 Å². The normalized spacial score (nSPS) is 10.2. The number of ether oxygens (including phenoxy) is 1. The van der Waals surface area contributed by atoms with E-state index in [4.69, 9.17) is 16.3 Å². The van der Waals surface area contributed by atoms with Crippen LogP contribution in [0.1, 0.15) is 22.5 Å². The van der Waals surface area contributed by atoms with Crippen molar-refractivity contribution in [3.63, 3.8) is 0 Å². The van der Waals surface area contributed by atoms with Gasteiger partial charge in [-0.1, -0.05) is 11.6 Å². The van der Waals surface area contributed by atoms with Crippen LogP contribution in [0.25, 0.3) is 0 Å².